The summed E-state index contributed by atoms with van der Waals surface area (Å²) in [5.74, 6) is 2.53. The molecule has 1 amide bonds. The Hall–Kier alpha value is -2.09. The summed E-state index contributed by atoms with van der Waals surface area (Å²) < 4.78 is 29.2. The first-order chi connectivity index (χ1) is 19.0. The molecule has 2 fully saturated rings. The summed E-state index contributed by atoms with van der Waals surface area (Å²) >= 11 is 6.41. The van der Waals surface area contributed by atoms with Gasteiger partial charge in [0, 0.05) is 30.3 Å². The third kappa shape index (κ3) is 6.31. The minimum absolute atomic E-state index is 0.128. The third-order valence-corrected chi connectivity index (χ3v) is 10.4. The molecular weight excluding hydrogens is 532 g/mol. The lowest BCUT2D eigenvalue weighted by atomic mass is 9.70. The molecule has 0 N–H and O–H groups in total. The largest absolute Gasteiger partial charge is 0.491 e. The Morgan fingerprint density at radius 1 is 0.897 bits per heavy atom. The summed E-state index contributed by atoms with van der Waals surface area (Å²) in [6.45, 7) is 3.03. The molecule has 4 aliphatic rings. The van der Waals surface area contributed by atoms with E-state index in [4.69, 9.17) is 21.1 Å². The Morgan fingerprint density at radius 3 is 2.62 bits per heavy atom. The van der Waals surface area contributed by atoms with Crippen LogP contribution in [0, 0.1) is 17.8 Å². The number of anilines is 1. The molecule has 3 aliphatic heterocycles. The molecule has 1 saturated carbocycles. The van der Waals surface area contributed by atoms with Gasteiger partial charge in [0.05, 0.1) is 18.4 Å². The predicted molar refractivity (Wildman–Crippen MR) is 155 cm³/mol. The van der Waals surface area contributed by atoms with Crippen LogP contribution in [0.25, 0.3) is 0 Å². The van der Waals surface area contributed by atoms with Crippen LogP contribution in [0.3, 0.4) is 0 Å². The van der Waals surface area contributed by atoms with Crippen molar-refractivity contribution in [3.05, 3.63) is 58.1 Å². The van der Waals surface area contributed by atoms with E-state index in [0.29, 0.717) is 42.1 Å². The fourth-order valence-corrected chi connectivity index (χ4v) is 7.78. The molecule has 8 heteroatoms. The van der Waals surface area contributed by atoms with Crippen LogP contribution in [0.15, 0.2) is 40.8 Å². The van der Waals surface area contributed by atoms with Gasteiger partial charge in [-0.15, -0.1) is 0 Å². The standard InChI is InChI=1S/C31H38ClN2O4S/c32-27-10-8-26-20-34-19-25-7-5-21(25)4-6-22-12-15-38-29(22)13-16-39(36)33-31(35)24-9-11-30(28(34)18-24)37-14-2-1-3-23(26)17-27/h8-11,17-18,21-22,25,29H,1-7,12-16,19-20H2/q-1/t21-,22+,25+,29-/m1/s1. The molecule has 2 bridgehead atoms. The van der Waals surface area contributed by atoms with Crippen LogP contribution in [-0.4, -0.2) is 37.5 Å². The number of halogens is 1. The molecule has 0 radical (unpaired) electrons. The van der Waals surface area contributed by atoms with Gasteiger partial charge in [0.25, 0.3) is 5.91 Å². The number of rotatable bonds is 0. The number of aryl methyl sites for hydroxylation is 1. The van der Waals surface area contributed by atoms with Crippen molar-refractivity contribution in [1.29, 1.82) is 0 Å². The maximum atomic E-state index is 13.2. The lowest BCUT2D eigenvalue weighted by Gasteiger charge is -2.42. The van der Waals surface area contributed by atoms with Gasteiger partial charge < -0.3 is 22.9 Å². The van der Waals surface area contributed by atoms with Crippen molar-refractivity contribution < 1.29 is 18.5 Å². The highest BCUT2D eigenvalue weighted by atomic mass is 35.5. The fraction of sp³-hybridized carbons (Fsp3) is 0.581. The molecule has 0 spiro atoms. The lowest BCUT2D eigenvalue weighted by Crippen LogP contribution is -2.38. The van der Waals surface area contributed by atoms with Crippen LogP contribution >= 0.6 is 11.6 Å². The fourth-order valence-electron chi connectivity index (χ4n) is 6.77. The number of amides is 1. The van der Waals surface area contributed by atoms with Crippen molar-refractivity contribution >= 4 is 33.8 Å². The average Bonchev–Trinajstić information content (AvgIpc) is 3.35. The summed E-state index contributed by atoms with van der Waals surface area (Å²) in [6, 6.07) is 11.8. The van der Waals surface area contributed by atoms with E-state index >= 15 is 0 Å². The van der Waals surface area contributed by atoms with Gasteiger partial charge in [-0.3, -0.25) is 4.79 Å². The van der Waals surface area contributed by atoms with Crippen LogP contribution in [0.5, 0.6) is 5.75 Å². The van der Waals surface area contributed by atoms with Gasteiger partial charge >= 0.3 is 0 Å². The molecule has 0 aromatic heterocycles. The van der Waals surface area contributed by atoms with Crippen LogP contribution in [-0.2, 0) is 32.5 Å². The molecule has 2 aromatic rings. The number of fused-ring (bicyclic) bond motifs is 4. The zero-order valence-corrected chi connectivity index (χ0v) is 24.1. The van der Waals surface area contributed by atoms with Crippen LogP contribution in [0.4, 0.5) is 5.69 Å². The average molecular weight is 570 g/mol. The van der Waals surface area contributed by atoms with Gasteiger partial charge in [-0.25, -0.2) is 0 Å². The van der Waals surface area contributed by atoms with E-state index in [2.05, 4.69) is 21.4 Å². The molecule has 1 aliphatic carbocycles. The van der Waals surface area contributed by atoms with Gasteiger partial charge in [0.15, 0.2) is 0 Å². The van der Waals surface area contributed by atoms with Crippen molar-refractivity contribution in [2.24, 2.45) is 22.1 Å². The maximum Gasteiger partial charge on any atom is 0.254 e. The van der Waals surface area contributed by atoms with Gasteiger partial charge in [-0.1, -0.05) is 23.4 Å². The monoisotopic (exact) mass is 569 g/mol. The second kappa shape index (κ2) is 12.2. The maximum absolute atomic E-state index is 13.2. The summed E-state index contributed by atoms with van der Waals surface area (Å²) in [5.41, 5.74) is 3.93. The van der Waals surface area contributed by atoms with Crippen molar-refractivity contribution in [2.75, 3.05) is 30.4 Å². The molecule has 2 aromatic carbocycles. The van der Waals surface area contributed by atoms with Crippen LogP contribution in [0.1, 0.15) is 72.9 Å². The molecule has 1 saturated heterocycles. The molecule has 39 heavy (non-hydrogen) atoms. The van der Waals surface area contributed by atoms with E-state index in [9.17, 15) is 9.00 Å². The molecule has 6 nitrogen and oxygen atoms in total. The Morgan fingerprint density at radius 2 is 1.74 bits per heavy atom. The molecule has 210 valence electrons. The van der Waals surface area contributed by atoms with E-state index in [1.807, 2.05) is 18.2 Å². The Labute approximate surface area is 238 Å². The normalized spacial score (nSPS) is 28.5. The number of ether oxygens (including phenoxy) is 2. The zero-order chi connectivity index (χ0) is 26.8. The quantitative estimate of drug-likeness (QED) is 0.321. The second-order valence-electron chi connectivity index (χ2n) is 11.6. The summed E-state index contributed by atoms with van der Waals surface area (Å²) in [4.78, 5) is 15.6. The molecule has 3 heterocycles. The van der Waals surface area contributed by atoms with E-state index in [1.54, 1.807) is 6.07 Å². The summed E-state index contributed by atoms with van der Waals surface area (Å²) in [5, 5.41) is 0.768. The number of hydrogen-bond acceptors (Lipinski definition) is 6. The third-order valence-electron chi connectivity index (χ3n) is 9.22. The number of carbonyl (C=O) groups excluding carboxylic acids is 1. The van der Waals surface area contributed by atoms with Crippen molar-refractivity contribution in [3.8, 4) is 5.75 Å². The van der Waals surface area contributed by atoms with Gasteiger partial charge in [0.2, 0.25) is 0 Å². The summed E-state index contributed by atoms with van der Waals surface area (Å²) in [6.07, 6.45) is 9.69. The van der Waals surface area contributed by atoms with Crippen LogP contribution < -0.4 is 9.64 Å². The van der Waals surface area contributed by atoms with E-state index in [0.717, 1.165) is 68.3 Å². The number of benzene rings is 2. The first-order valence-corrected chi connectivity index (χ1v) is 16.2. The zero-order valence-electron chi connectivity index (χ0n) is 22.5. The highest BCUT2D eigenvalue weighted by molar-refractivity contribution is 7.75. The van der Waals surface area contributed by atoms with E-state index in [1.165, 1.54) is 30.4 Å². The van der Waals surface area contributed by atoms with Gasteiger partial charge in [-0.2, -0.15) is 10.6 Å². The number of carbonyl (C=O) groups is 1. The molecule has 6 rings (SSSR count). The van der Waals surface area contributed by atoms with Gasteiger partial charge in [0.1, 0.15) is 5.75 Å². The SMILES string of the molecule is O=C1N=[S-](=O)CC[C@H]2OCC[C@@H]2CC[C@@H]2CC[C@H]2CN2Cc3ccc(Cl)cc3CCCCOc3ccc1cc32. The Bertz CT molecular complexity index is 1290. The predicted octanol–water partition coefficient (Wildman–Crippen LogP) is 6.96. The Kier molecular flexibility index (Phi) is 8.47. The molecule has 0 unspecified atom stereocenters. The van der Waals surface area contributed by atoms with Crippen molar-refractivity contribution in [1.82, 2.24) is 0 Å². The van der Waals surface area contributed by atoms with Crippen molar-refractivity contribution in [3.63, 3.8) is 0 Å². The second-order valence-corrected chi connectivity index (χ2v) is 13.3. The highest BCUT2D eigenvalue weighted by Gasteiger charge is 2.35. The first kappa shape index (κ1) is 27.1. The van der Waals surface area contributed by atoms with E-state index < -0.39 is 16.5 Å². The smallest absolute Gasteiger partial charge is 0.254 e. The number of nitrogens with zero attached hydrogens (tertiary/aromatic N) is 2. The summed E-state index contributed by atoms with van der Waals surface area (Å²) in [7, 11) is -1.57. The Balaban J connectivity index is 1.39. The van der Waals surface area contributed by atoms with E-state index in [-0.39, 0.29) is 6.10 Å². The lowest BCUT2D eigenvalue weighted by molar-refractivity contribution is 0.0791. The minimum atomic E-state index is -1.57. The molecular formula is C31H38ClN2O4S-. The molecule has 4 atom stereocenters. The topological polar surface area (TPSA) is 68.2 Å². The van der Waals surface area contributed by atoms with Gasteiger partial charge in [-0.05, 0) is 117 Å². The minimum Gasteiger partial charge on any atom is -0.491 e. The van der Waals surface area contributed by atoms with Crippen LogP contribution in [0.2, 0.25) is 5.02 Å². The van der Waals surface area contributed by atoms with Crippen molar-refractivity contribution in [2.45, 2.75) is 70.4 Å². The highest BCUT2D eigenvalue weighted by Crippen LogP contribution is 2.43. The first-order valence-electron chi connectivity index (χ1n) is 14.6. The number of hydrogen-bond donors (Lipinski definition) is 0.